The van der Waals surface area contributed by atoms with Gasteiger partial charge in [-0.25, -0.2) is 0 Å². The van der Waals surface area contributed by atoms with Crippen molar-refractivity contribution in [3.05, 3.63) is 42.1 Å². The van der Waals surface area contributed by atoms with Gasteiger partial charge in [-0.1, -0.05) is 35.5 Å². The number of piperidine rings is 1. The van der Waals surface area contributed by atoms with Crippen molar-refractivity contribution in [2.45, 2.75) is 63.4 Å². The molecule has 0 radical (unpaired) electrons. The van der Waals surface area contributed by atoms with Crippen molar-refractivity contribution >= 4 is 5.91 Å². The number of ether oxygens (including phenoxy) is 1. The summed E-state index contributed by atoms with van der Waals surface area (Å²) in [5.41, 5.74) is 1.88. The minimum Gasteiger partial charge on any atom is -0.390 e. The molecule has 3 heterocycles. The molecule has 2 fully saturated rings. The summed E-state index contributed by atoms with van der Waals surface area (Å²) in [4.78, 5) is 13.4. The first-order valence-corrected chi connectivity index (χ1v) is 10.9. The zero-order valence-corrected chi connectivity index (χ0v) is 17.5. The SMILES string of the molecule is CC(=O)N1CCC(NC[C@H]2O[C@H](Cc3cc(-c4ccccc4)on3)CC[C@@H]2O)CC1. The maximum absolute atomic E-state index is 11.5. The summed E-state index contributed by atoms with van der Waals surface area (Å²) in [7, 11) is 0. The highest BCUT2D eigenvalue weighted by Crippen LogP contribution is 2.25. The normalized spacial score (nSPS) is 25.4. The molecule has 2 aromatic rings. The van der Waals surface area contributed by atoms with Gasteiger partial charge in [0.05, 0.1) is 24.0 Å². The van der Waals surface area contributed by atoms with E-state index >= 15 is 0 Å². The van der Waals surface area contributed by atoms with E-state index in [0.29, 0.717) is 19.0 Å². The first-order valence-electron chi connectivity index (χ1n) is 10.9. The highest BCUT2D eigenvalue weighted by Gasteiger charge is 2.31. The first-order chi connectivity index (χ1) is 14.6. The van der Waals surface area contributed by atoms with E-state index in [1.165, 1.54) is 0 Å². The standard InChI is InChI=1S/C23H31N3O4/c1-16(27)26-11-9-18(10-12-26)24-15-23-21(28)8-7-20(29-23)13-19-14-22(30-25-19)17-5-3-2-4-6-17/h2-6,14,18,20-21,23-24,28H,7-13,15H2,1H3/t20-,21-,23+/m0/s1. The lowest BCUT2D eigenvalue weighted by Crippen LogP contribution is -2.50. The number of nitrogens with zero attached hydrogens (tertiary/aromatic N) is 2. The Labute approximate surface area is 177 Å². The minimum absolute atomic E-state index is 0.0217. The van der Waals surface area contributed by atoms with E-state index in [1.54, 1.807) is 6.92 Å². The van der Waals surface area contributed by atoms with Gasteiger partial charge in [0.25, 0.3) is 0 Å². The number of aliphatic hydroxyl groups is 1. The Morgan fingerprint density at radius 3 is 2.70 bits per heavy atom. The fourth-order valence-corrected chi connectivity index (χ4v) is 4.34. The van der Waals surface area contributed by atoms with Gasteiger partial charge >= 0.3 is 0 Å². The van der Waals surface area contributed by atoms with Crippen LogP contribution in [0.25, 0.3) is 11.3 Å². The van der Waals surface area contributed by atoms with E-state index < -0.39 is 6.10 Å². The van der Waals surface area contributed by atoms with Gasteiger partial charge in [-0.3, -0.25) is 4.79 Å². The largest absolute Gasteiger partial charge is 0.390 e. The van der Waals surface area contributed by atoms with Gasteiger partial charge in [-0.2, -0.15) is 0 Å². The zero-order valence-electron chi connectivity index (χ0n) is 17.5. The van der Waals surface area contributed by atoms with Crippen LogP contribution in [0.4, 0.5) is 0 Å². The van der Waals surface area contributed by atoms with E-state index in [0.717, 1.165) is 55.8 Å². The van der Waals surface area contributed by atoms with Crippen LogP contribution in [0.3, 0.4) is 0 Å². The van der Waals surface area contributed by atoms with Crippen LogP contribution in [-0.2, 0) is 16.0 Å². The molecule has 0 unspecified atom stereocenters. The quantitative estimate of drug-likeness (QED) is 0.756. The van der Waals surface area contributed by atoms with Crippen molar-refractivity contribution < 1.29 is 19.2 Å². The third-order valence-corrected chi connectivity index (χ3v) is 6.18. The van der Waals surface area contributed by atoms with Crippen molar-refractivity contribution in [3.63, 3.8) is 0 Å². The van der Waals surface area contributed by atoms with Gasteiger partial charge in [0, 0.05) is 50.7 Å². The molecule has 1 amide bonds. The average Bonchev–Trinajstić information content (AvgIpc) is 3.23. The highest BCUT2D eigenvalue weighted by molar-refractivity contribution is 5.73. The average molecular weight is 414 g/mol. The number of carbonyl (C=O) groups is 1. The van der Waals surface area contributed by atoms with E-state index in [2.05, 4.69) is 10.5 Å². The monoisotopic (exact) mass is 413 g/mol. The smallest absolute Gasteiger partial charge is 0.219 e. The minimum atomic E-state index is -0.455. The molecule has 7 nitrogen and oxygen atoms in total. The van der Waals surface area contributed by atoms with Gasteiger partial charge in [0.15, 0.2) is 5.76 Å². The molecule has 2 aliphatic rings. The third kappa shape index (κ3) is 5.28. The molecule has 0 saturated carbocycles. The fourth-order valence-electron chi connectivity index (χ4n) is 4.34. The summed E-state index contributed by atoms with van der Waals surface area (Å²) in [6.45, 7) is 3.83. The number of benzene rings is 1. The predicted molar refractivity (Wildman–Crippen MR) is 113 cm³/mol. The Hall–Kier alpha value is -2.22. The Kier molecular flexibility index (Phi) is 6.82. The van der Waals surface area contributed by atoms with Crippen LogP contribution >= 0.6 is 0 Å². The molecule has 2 aliphatic heterocycles. The van der Waals surface area contributed by atoms with Gasteiger partial charge in [-0.15, -0.1) is 0 Å². The first kappa shape index (κ1) is 21.0. The van der Waals surface area contributed by atoms with Crippen LogP contribution in [0.2, 0.25) is 0 Å². The number of amides is 1. The van der Waals surface area contributed by atoms with Gasteiger partial charge in [0.1, 0.15) is 0 Å². The van der Waals surface area contributed by atoms with E-state index in [1.807, 2.05) is 41.3 Å². The molecule has 162 valence electrons. The van der Waals surface area contributed by atoms with Crippen LogP contribution in [-0.4, -0.2) is 65.1 Å². The van der Waals surface area contributed by atoms with Crippen LogP contribution in [0, 0.1) is 0 Å². The predicted octanol–water partition coefficient (Wildman–Crippen LogP) is 2.39. The second kappa shape index (κ2) is 9.73. The maximum atomic E-state index is 11.5. The van der Waals surface area contributed by atoms with E-state index in [9.17, 15) is 9.90 Å². The number of aromatic nitrogens is 1. The summed E-state index contributed by atoms with van der Waals surface area (Å²) in [6.07, 6.45) is 3.42. The van der Waals surface area contributed by atoms with E-state index in [-0.39, 0.29) is 18.1 Å². The van der Waals surface area contributed by atoms with E-state index in [4.69, 9.17) is 9.26 Å². The molecule has 0 spiro atoms. The summed E-state index contributed by atoms with van der Waals surface area (Å²) < 4.78 is 11.7. The molecular formula is C23H31N3O4. The second-order valence-corrected chi connectivity index (χ2v) is 8.38. The number of rotatable bonds is 6. The lowest BCUT2D eigenvalue weighted by molar-refractivity contribution is -0.130. The van der Waals surface area contributed by atoms with Crippen molar-refractivity contribution in [2.75, 3.05) is 19.6 Å². The highest BCUT2D eigenvalue weighted by atomic mass is 16.5. The molecule has 2 saturated heterocycles. The number of hydrogen-bond donors (Lipinski definition) is 2. The molecule has 0 aliphatic carbocycles. The van der Waals surface area contributed by atoms with Crippen molar-refractivity contribution in [1.82, 2.24) is 15.4 Å². The van der Waals surface area contributed by atoms with Crippen LogP contribution < -0.4 is 5.32 Å². The number of hydrogen-bond acceptors (Lipinski definition) is 6. The topological polar surface area (TPSA) is 87.8 Å². The molecule has 0 bridgehead atoms. The van der Waals surface area contributed by atoms with Gasteiger partial charge in [-0.05, 0) is 25.7 Å². The number of likely N-dealkylation sites (tertiary alicyclic amines) is 1. The molecule has 1 aromatic heterocycles. The summed E-state index contributed by atoms with van der Waals surface area (Å²) >= 11 is 0. The third-order valence-electron chi connectivity index (χ3n) is 6.18. The summed E-state index contributed by atoms with van der Waals surface area (Å²) in [5, 5.41) is 18.1. The van der Waals surface area contributed by atoms with Crippen LogP contribution in [0.1, 0.15) is 38.3 Å². The molecule has 2 N–H and O–H groups in total. The molecular weight excluding hydrogens is 382 g/mol. The van der Waals surface area contributed by atoms with Crippen molar-refractivity contribution in [2.24, 2.45) is 0 Å². The van der Waals surface area contributed by atoms with Gasteiger partial charge < -0.3 is 24.6 Å². The maximum Gasteiger partial charge on any atom is 0.219 e. The van der Waals surface area contributed by atoms with Crippen molar-refractivity contribution in [3.8, 4) is 11.3 Å². The number of aliphatic hydroxyl groups excluding tert-OH is 1. The second-order valence-electron chi connectivity index (χ2n) is 8.38. The molecule has 3 atom stereocenters. The fraction of sp³-hybridized carbons (Fsp3) is 0.565. The zero-order chi connectivity index (χ0) is 20.9. The Morgan fingerprint density at radius 2 is 1.97 bits per heavy atom. The Bertz CT molecular complexity index is 817. The Morgan fingerprint density at radius 1 is 1.20 bits per heavy atom. The molecule has 1 aromatic carbocycles. The molecule has 7 heteroatoms. The molecule has 30 heavy (non-hydrogen) atoms. The van der Waals surface area contributed by atoms with Gasteiger partial charge in [0.2, 0.25) is 5.91 Å². The van der Waals surface area contributed by atoms with Crippen molar-refractivity contribution in [1.29, 1.82) is 0 Å². The number of nitrogens with one attached hydrogen (secondary N) is 1. The Balaban J connectivity index is 1.26. The van der Waals surface area contributed by atoms with Crippen LogP contribution in [0.15, 0.2) is 40.9 Å². The molecule has 4 rings (SSSR count). The lowest BCUT2D eigenvalue weighted by atomic mass is 9.97. The summed E-state index contributed by atoms with van der Waals surface area (Å²) in [6, 6.07) is 12.3. The summed E-state index contributed by atoms with van der Waals surface area (Å²) in [5.74, 6) is 0.905. The van der Waals surface area contributed by atoms with Crippen LogP contribution in [0.5, 0.6) is 0 Å². The lowest BCUT2D eigenvalue weighted by Gasteiger charge is -2.36. The number of carbonyl (C=O) groups excluding carboxylic acids is 1.